The fraction of sp³-hybridized carbons (Fsp3) is 0.857. The van der Waals surface area contributed by atoms with Crippen LogP contribution in [-0.4, -0.2) is 9.96 Å². The Morgan fingerprint density at radius 2 is 1.90 bits per heavy atom. The third kappa shape index (κ3) is 2.86. The highest BCUT2D eigenvalue weighted by Crippen LogP contribution is 2.17. The molecular formula is C7H12INO. The van der Waals surface area contributed by atoms with E-state index in [9.17, 15) is 4.79 Å². The maximum atomic E-state index is 10.6. The number of rotatable bonds is 1. The number of hydrogen-bond donors (Lipinski definition) is 1. The summed E-state index contributed by atoms with van der Waals surface area (Å²) in [4.78, 5) is 10.6. The number of halogens is 1. The first-order valence-electron chi connectivity index (χ1n) is 3.75. The van der Waals surface area contributed by atoms with Crippen LogP contribution in [-0.2, 0) is 0 Å². The summed E-state index contributed by atoms with van der Waals surface area (Å²) in [5.41, 5.74) is 0. The van der Waals surface area contributed by atoms with E-state index < -0.39 is 0 Å². The average Bonchev–Trinajstić information content (AvgIpc) is 1.88. The van der Waals surface area contributed by atoms with E-state index in [1.54, 1.807) is 22.6 Å². The fourth-order valence-corrected chi connectivity index (χ4v) is 1.85. The molecule has 3 heteroatoms. The topological polar surface area (TPSA) is 29.1 Å². The molecule has 0 heterocycles. The molecule has 1 saturated carbocycles. The summed E-state index contributed by atoms with van der Waals surface area (Å²) in [5, 5.41) is 2.93. The molecule has 0 radical (unpaired) electrons. The second-order valence-corrected chi connectivity index (χ2v) is 3.73. The van der Waals surface area contributed by atoms with Crippen LogP contribution < -0.4 is 5.32 Å². The Morgan fingerprint density at radius 1 is 1.30 bits per heavy atom. The van der Waals surface area contributed by atoms with Crippen LogP contribution in [0.25, 0.3) is 0 Å². The minimum absolute atomic E-state index is 0.0875. The van der Waals surface area contributed by atoms with Crippen molar-refractivity contribution in [3.05, 3.63) is 0 Å². The van der Waals surface area contributed by atoms with Crippen molar-refractivity contribution in [1.29, 1.82) is 0 Å². The molecule has 0 bridgehead atoms. The highest BCUT2D eigenvalue weighted by Gasteiger charge is 2.13. The Balaban J connectivity index is 2.19. The van der Waals surface area contributed by atoms with Gasteiger partial charge in [-0.1, -0.05) is 19.3 Å². The SMILES string of the molecule is O=C(I)NC1CCCCC1. The number of nitrogens with one attached hydrogen (secondary N) is 1. The summed E-state index contributed by atoms with van der Waals surface area (Å²) < 4.78 is 0.0875. The first kappa shape index (κ1) is 8.30. The molecule has 1 aliphatic carbocycles. The maximum absolute atomic E-state index is 10.6. The number of carbonyl (C=O) groups is 1. The van der Waals surface area contributed by atoms with Gasteiger partial charge in [-0.3, -0.25) is 4.79 Å². The molecule has 1 N–H and O–H groups in total. The van der Waals surface area contributed by atoms with E-state index in [-0.39, 0.29) is 3.91 Å². The van der Waals surface area contributed by atoms with Crippen LogP contribution in [0.15, 0.2) is 0 Å². The third-order valence-electron chi connectivity index (χ3n) is 1.92. The van der Waals surface area contributed by atoms with E-state index in [0.717, 1.165) is 0 Å². The molecule has 0 aromatic carbocycles. The molecule has 1 aliphatic rings. The number of hydrogen-bond acceptors (Lipinski definition) is 1. The summed E-state index contributed by atoms with van der Waals surface area (Å²) in [5.74, 6) is 0. The summed E-state index contributed by atoms with van der Waals surface area (Å²) >= 11 is 1.79. The van der Waals surface area contributed by atoms with Crippen LogP contribution in [0.1, 0.15) is 32.1 Å². The monoisotopic (exact) mass is 253 g/mol. The molecule has 58 valence electrons. The first-order chi connectivity index (χ1) is 4.79. The molecule has 10 heavy (non-hydrogen) atoms. The fourth-order valence-electron chi connectivity index (χ4n) is 1.41. The minimum Gasteiger partial charge on any atom is -0.345 e. The lowest BCUT2D eigenvalue weighted by atomic mass is 9.96. The highest BCUT2D eigenvalue weighted by atomic mass is 127. The summed E-state index contributed by atoms with van der Waals surface area (Å²) in [6, 6.07) is 0.471. The van der Waals surface area contributed by atoms with E-state index in [0.29, 0.717) is 6.04 Å². The van der Waals surface area contributed by atoms with Gasteiger partial charge in [0.25, 0.3) is 3.91 Å². The molecule has 0 atom stereocenters. The zero-order valence-corrected chi connectivity index (χ0v) is 8.06. The van der Waals surface area contributed by atoms with Gasteiger partial charge in [0.05, 0.1) is 0 Å². The van der Waals surface area contributed by atoms with Crippen molar-refractivity contribution >= 4 is 26.5 Å². The molecule has 0 saturated heterocycles. The molecule has 0 spiro atoms. The Morgan fingerprint density at radius 3 is 2.40 bits per heavy atom. The molecule has 1 amide bonds. The number of carbonyl (C=O) groups excluding carboxylic acids is 1. The van der Waals surface area contributed by atoms with Crippen LogP contribution >= 0.6 is 22.6 Å². The summed E-state index contributed by atoms with van der Waals surface area (Å²) in [6.45, 7) is 0. The van der Waals surface area contributed by atoms with Gasteiger partial charge in [0, 0.05) is 28.6 Å². The van der Waals surface area contributed by atoms with E-state index in [1.807, 2.05) is 0 Å². The van der Waals surface area contributed by atoms with E-state index in [2.05, 4.69) is 5.32 Å². The Hall–Kier alpha value is 0.200. The van der Waals surface area contributed by atoms with E-state index >= 15 is 0 Å². The predicted molar refractivity (Wildman–Crippen MR) is 49.4 cm³/mol. The van der Waals surface area contributed by atoms with E-state index in [1.165, 1.54) is 32.1 Å². The van der Waals surface area contributed by atoms with Crippen molar-refractivity contribution in [2.24, 2.45) is 0 Å². The van der Waals surface area contributed by atoms with Crippen molar-refractivity contribution in [3.8, 4) is 0 Å². The minimum atomic E-state index is 0.0875. The Labute approximate surface area is 74.9 Å². The van der Waals surface area contributed by atoms with Crippen molar-refractivity contribution in [1.82, 2.24) is 5.32 Å². The molecule has 2 nitrogen and oxygen atoms in total. The largest absolute Gasteiger partial charge is 0.345 e. The van der Waals surface area contributed by atoms with Gasteiger partial charge in [-0.05, 0) is 12.8 Å². The lowest BCUT2D eigenvalue weighted by Crippen LogP contribution is -2.32. The van der Waals surface area contributed by atoms with Crippen molar-refractivity contribution in [3.63, 3.8) is 0 Å². The van der Waals surface area contributed by atoms with Crippen LogP contribution in [0.5, 0.6) is 0 Å². The molecule has 0 aromatic heterocycles. The Kier molecular flexibility index (Phi) is 3.45. The quantitative estimate of drug-likeness (QED) is 0.434. The first-order valence-corrected chi connectivity index (χ1v) is 4.83. The molecule has 1 rings (SSSR count). The number of amides is 1. The van der Waals surface area contributed by atoms with Gasteiger partial charge in [-0.15, -0.1) is 0 Å². The van der Waals surface area contributed by atoms with Gasteiger partial charge in [-0.25, -0.2) is 0 Å². The molecule has 1 fully saturated rings. The Bertz CT molecular complexity index is 121. The van der Waals surface area contributed by atoms with Crippen molar-refractivity contribution < 1.29 is 4.79 Å². The lowest BCUT2D eigenvalue weighted by Gasteiger charge is -2.21. The van der Waals surface area contributed by atoms with Crippen molar-refractivity contribution in [2.75, 3.05) is 0 Å². The molecule has 0 aromatic rings. The van der Waals surface area contributed by atoms with Gasteiger partial charge >= 0.3 is 0 Å². The molecule has 0 aliphatic heterocycles. The predicted octanol–water partition coefficient (Wildman–Crippen LogP) is 2.46. The van der Waals surface area contributed by atoms with Gasteiger partial charge in [0.1, 0.15) is 0 Å². The van der Waals surface area contributed by atoms with Crippen LogP contribution in [0, 0.1) is 0 Å². The summed E-state index contributed by atoms with van der Waals surface area (Å²) in [6.07, 6.45) is 6.25. The maximum Gasteiger partial charge on any atom is 0.280 e. The second-order valence-electron chi connectivity index (χ2n) is 2.75. The zero-order valence-electron chi connectivity index (χ0n) is 5.90. The zero-order chi connectivity index (χ0) is 7.40. The van der Waals surface area contributed by atoms with Gasteiger partial charge in [0.2, 0.25) is 0 Å². The van der Waals surface area contributed by atoms with Gasteiger partial charge in [0.15, 0.2) is 0 Å². The lowest BCUT2D eigenvalue weighted by molar-refractivity contribution is 0.255. The smallest absolute Gasteiger partial charge is 0.280 e. The van der Waals surface area contributed by atoms with Crippen LogP contribution in [0.3, 0.4) is 0 Å². The highest BCUT2D eigenvalue weighted by molar-refractivity contribution is 14.1. The normalized spacial score (nSPS) is 20.5. The average molecular weight is 253 g/mol. The summed E-state index contributed by atoms with van der Waals surface area (Å²) in [7, 11) is 0. The third-order valence-corrected chi connectivity index (χ3v) is 2.23. The van der Waals surface area contributed by atoms with Crippen LogP contribution in [0.4, 0.5) is 4.79 Å². The molecular weight excluding hydrogens is 241 g/mol. The van der Waals surface area contributed by atoms with Gasteiger partial charge in [-0.2, -0.15) is 0 Å². The van der Waals surface area contributed by atoms with Gasteiger partial charge < -0.3 is 5.32 Å². The van der Waals surface area contributed by atoms with Crippen LogP contribution in [0.2, 0.25) is 0 Å². The second kappa shape index (κ2) is 4.16. The molecule has 0 unspecified atom stereocenters. The standard InChI is InChI=1S/C7H12INO/c8-7(10)9-6-4-2-1-3-5-6/h6H,1-5H2,(H,9,10). The van der Waals surface area contributed by atoms with Crippen molar-refractivity contribution in [2.45, 2.75) is 38.1 Å². The van der Waals surface area contributed by atoms with E-state index in [4.69, 9.17) is 0 Å².